The molecule has 1 aromatic carbocycles. The van der Waals surface area contributed by atoms with Gasteiger partial charge in [0.15, 0.2) is 0 Å². The Bertz CT molecular complexity index is 548. The zero-order chi connectivity index (χ0) is 14.9. The molecule has 0 aliphatic carbocycles. The Morgan fingerprint density at radius 2 is 2.20 bits per heavy atom. The van der Waals surface area contributed by atoms with Crippen molar-refractivity contribution in [3.63, 3.8) is 0 Å². The molecule has 20 heavy (non-hydrogen) atoms. The van der Waals surface area contributed by atoms with Crippen molar-refractivity contribution in [2.45, 2.75) is 18.9 Å². The van der Waals surface area contributed by atoms with E-state index in [1.807, 2.05) is 4.90 Å². The minimum Gasteiger partial charge on any atom is -0.359 e. The highest BCUT2D eigenvalue weighted by Gasteiger charge is 2.33. The second-order valence-corrected chi connectivity index (χ2v) is 5.83. The number of amides is 1. The van der Waals surface area contributed by atoms with E-state index in [0.717, 1.165) is 25.1 Å². The molecule has 0 aromatic heterocycles. The molecule has 0 radical (unpaired) electrons. The predicted octanol–water partition coefficient (Wildman–Crippen LogP) is 2.41. The van der Waals surface area contributed by atoms with Crippen LogP contribution in [0.3, 0.4) is 0 Å². The first-order chi connectivity index (χ1) is 9.41. The Hall–Kier alpha value is -1.63. The fourth-order valence-electron chi connectivity index (χ4n) is 2.45. The molecular formula is C13H16BrN3O3. The zero-order valence-electron chi connectivity index (χ0n) is 11.4. The highest BCUT2D eigenvalue weighted by molar-refractivity contribution is 9.10. The SMILES string of the molecule is CN(C)C(=O)[C@H]1CCCN1c1ccc([N+](=O)[O-])cc1Br. The molecule has 1 heterocycles. The zero-order valence-corrected chi connectivity index (χ0v) is 13.0. The second kappa shape index (κ2) is 5.78. The maximum Gasteiger partial charge on any atom is 0.270 e. The fourth-order valence-corrected chi connectivity index (χ4v) is 3.05. The van der Waals surface area contributed by atoms with Crippen molar-refractivity contribution in [3.05, 3.63) is 32.8 Å². The maximum atomic E-state index is 12.2. The first kappa shape index (κ1) is 14.8. The summed E-state index contributed by atoms with van der Waals surface area (Å²) in [6.45, 7) is 0.778. The van der Waals surface area contributed by atoms with Crippen molar-refractivity contribution in [1.29, 1.82) is 0 Å². The van der Waals surface area contributed by atoms with Crippen LogP contribution in [0.25, 0.3) is 0 Å². The summed E-state index contributed by atoms with van der Waals surface area (Å²) in [5.74, 6) is 0.0627. The summed E-state index contributed by atoms with van der Waals surface area (Å²) in [5, 5.41) is 10.8. The summed E-state index contributed by atoms with van der Waals surface area (Å²) < 4.78 is 0.644. The average molecular weight is 342 g/mol. The van der Waals surface area contributed by atoms with E-state index in [0.29, 0.717) is 4.47 Å². The van der Waals surface area contributed by atoms with Gasteiger partial charge in [0.2, 0.25) is 5.91 Å². The van der Waals surface area contributed by atoms with Crippen LogP contribution in [0.5, 0.6) is 0 Å². The lowest BCUT2D eigenvalue weighted by Gasteiger charge is -2.28. The molecule has 6 nitrogen and oxygen atoms in total. The lowest BCUT2D eigenvalue weighted by Crippen LogP contribution is -2.42. The largest absolute Gasteiger partial charge is 0.359 e. The van der Waals surface area contributed by atoms with E-state index in [-0.39, 0.29) is 17.6 Å². The van der Waals surface area contributed by atoms with Gasteiger partial charge in [-0.25, -0.2) is 0 Å². The van der Waals surface area contributed by atoms with Crippen LogP contribution < -0.4 is 4.90 Å². The summed E-state index contributed by atoms with van der Waals surface area (Å²) in [6.07, 6.45) is 1.74. The molecule has 1 saturated heterocycles. The van der Waals surface area contributed by atoms with Crippen molar-refractivity contribution in [1.82, 2.24) is 4.90 Å². The first-order valence-electron chi connectivity index (χ1n) is 6.33. The number of rotatable bonds is 3. The minimum absolute atomic E-state index is 0.0373. The van der Waals surface area contributed by atoms with Crippen LogP contribution >= 0.6 is 15.9 Å². The van der Waals surface area contributed by atoms with Crippen molar-refractivity contribution in [3.8, 4) is 0 Å². The number of hydrogen-bond acceptors (Lipinski definition) is 4. The Labute approximate surface area is 125 Å². The molecule has 1 aromatic rings. The van der Waals surface area contributed by atoms with Gasteiger partial charge < -0.3 is 9.80 Å². The molecule has 1 aliphatic heterocycles. The number of carbonyl (C=O) groups excluding carboxylic acids is 1. The summed E-state index contributed by atoms with van der Waals surface area (Å²) in [6, 6.07) is 4.45. The van der Waals surface area contributed by atoms with E-state index in [2.05, 4.69) is 15.9 Å². The van der Waals surface area contributed by atoms with E-state index in [9.17, 15) is 14.9 Å². The van der Waals surface area contributed by atoms with E-state index in [4.69, 9.17) is 0 Å². The third kappa shape index (κ3) is 2.77. The quantitative estimate of drug-likeness (QED) is 0.625. The Morgan fingerprint density at radius 3 is 2.75 bits per heavy atom. The maximum absolute atomic E-state index is 12.2. The van der Waals surface area contributed by atoms with Gasteiger partial charge >= 0.3 is 0 Å². The van der Waals surface area contributed by atoms with Gasteiger partial charge in [0.05, 0.1) is 10.6 Å². The molecule has 7 heteroatoms. The summed E-state index contributed by atoms with van der Waals surface area (Å²) in [4.78, 5) is 26.1. The predicted molar refractivity (Wildman–Crippen MR) is 79.9 cm³/mol. The van der Waals surface area contributed by atoms with Crippen molar-refractivity contribution >= 4 is 33.2 Å². The van der Waals surface area contributed by atoms with Crippen LogP contribution in [0.2, 0.25) is 0 Å². The van der Waals surface area contributed by atoms with Crippen molar-refractivity contribution in [2.24, 2.45) is 0 Å². The van der Waals surface area contributed by atoms with E-state index in [1.165, 1.54) is 12.1 Å². The molecule has 0 unspecified atom stereocenters. The molecule has 1 atom stereocenters. The summed E-state index contributed by atoms with van der Waals surface area (Å²) >= 11 is 3.37. The lowest BCUT2D eigenvalue weighted by atomic mass is 10.2. The molecular weight excluding hydrogens is 326 g/mol. The molecule has 1 amide bonds. The van der Waals surface area contributed by atoms with E-state index >= 15 is 0 Å². The van der Waals surface area contributed by atoms with Gasteiger partial charge in [-0.15, -0.1) is 0 Å². The van der Waals surface area contributed by atoms with Gasteiger partial charge in [-0.2, -0.15) is 0 Å². The molecule has 0 N–H and O–H groups in total. The highest BCUT2D eigenvalue weighted by atomic mass is 79.9. The number of anilines is 1. The lowest BCUT2D eigenvalue weighted by molar-refractivity contribution is -0.384. The third-order valence-electron chi connectivity index (χ3n) is 3.43. The van der Waals surface area contributed by atoms with E-state index in [1.54, 1.807) is 25.1 Å². The molecule has 1 aliphatic rings. The Morgan fingerprint density at radius 1 is 1.50 bits per heavy atom. The smallest absolute Gasteiger partial charge is 0.270 e. The number of likely N-dealkylation sites (N-methyl/N-ethyl adjacent to an activating group) is 1. The van der Waals surface area contributed by atoms with Crippen molar-refractivity contribution in [2.75, 3.05) is 25.5 Å². The number of hydrogen-bond donors (Lipinski definition) is 0. The monoisotopic (exact) mass is 341 g/mol. The number of carbonyl (C=O) groups is 1. The molecule has 0 saturated carbocycles. The van der Waals surface area contributed by atoms with Gasteiger partial charge in [0.25, 0.3) is 5.69 Å². The molecule has 0 bridgehead atoms. The highest BCUT2D eigenvalue weighted by Crippen LogP contribution is 2.34. The number of nitro benzene ring substituents is 1. The molecule has 108 valence electrons. The number of non-ortho nitro benzene ring substituents is 1. The van der Waals surface area contributed by atoms with Crippen LogP contribution in [0, 0.1) is 10.1 Å². The standard InChI is InChI=1S/C13H16BrN3O3/c1-15(2)13(18)12-4-3-7-16(12)11-6-5-9(17(19)20)8-10(11)14/h5-6,8,12H,3-4,7H2,1-2H3/t12-/m1/s1. The summed E-state index contributed by atoms with van der Waals surface area (Å²) in [7, 11) is 3.48. The second-order valence-electron chi connectivity index (χ2n) is 4.98. The van der Waals surface area contributed by atoms with Crippen LogP contribution in [-0.2, 0) is 4.79 Å². The van der Waals surface area contributed by atoms with Gasteiger partial charge in [0, 0.05) is 37.2 Å². The van der Waals surface area contributed by atoms with Gasteiger partial charge in [-0.05, 0) is 34.8 Å². The average Bonchev–Trinajstić information content (AvgIpc) is 2.86. The number of nitrogens with zero attached hydrogens (tertiary/aromatic N) is 3. The van der Waals surface area contributed by atoms with Gasteiger partial charge in [-0.1, -0.05) is 0 Å². The van der Waals surface area contributed by atoms with Crippen LogP contribution in [0.4, 0.5) is 11.4 Å². The number of nitro groups is 1. The van der Waals surface area contributed by atoms with Crippen LogP contribution in [0.1, 0.15) is 12.8 Å². The molecule has 0 spiro atoms. The van der Waals surface area contributed by atoms with Crippen LogP contribution in [-0.4, -0.2) is 42.4 Å². The first-order valence-corrected chi connectivity index (χ1v) is 7.13. The van der Waals surface area contributed by atoms with Crippen LogP contribution in [0.15, 0.2) is 22.7 Å². The number of benzene rings is 1. The number of halogens is 1. The Kier molecular flexibility index (Phi) is 4.27. The van der Waals surface area contributed by atoms with Crippen molar-refractivity contribution < 1.29 is 9.72 Å². The van der Waals surface area contributed by atoms with Gasteiger partial charge in [-0.3, -0.25) is 14.9 Å². The molecule has 2 rings (SSSR count). The topological polar surface area (TPSA) is 66.7 Å². The van der Waals surface area contributed by atoms with Gasteiger partial charge in [0.1, 0.15) is 6.04 Å². The fraction of sp³-hybridized carbons (Fsp3) is 0.462. The third-order valence-corrected chi connectivity index (χ3v) is 4.07. The minimum atomic E-state index is -0.430. The summed E-state index contributed by atoms with van der Waals surface area (Å²) in [5.41, 5.74) is 0.864. The Balaban J connectivity index is 2.31. The molecule has 1 fully saturated rings. The normalized spacial score (nSPS) is 18.1. The van der Waals surface area contributed by atoms with E-state index < -0.39 is 4.92 Å².